The molecule has 21 heavy (non-hydrogen) atoms. The second-order valence-electron chi connectivity index (χ2n) is 4.98. The van der Waals surface area contributed by atoms with Crippen LogP contribution in [0.15, 0.2) is 41.0 Å². The Morgan fingerprint density at radius 2 is 1.24 bits per heavy atom. The van der Waals surface area contributed by atoms with Gasteiger partial charge in [-0.2, -0.15) is 13.2 Å². The summed E-state index contributed by atoms with van der Waals surface area (Å²) in [6, 6.07) is 4.27. The lowest BCUT2D eigenvalue weighted by Crippen LogP contribution is -2.19. The standard InChI is InChI=1S/C16H13F3O2/c1-8-9(2)15(21)13(10(3)14(8)20)11-4-6-12(7-5-11)16(17,18)19/h4-7H,1-3H3. The van der Waals surface area contributed by atoms with Crippen molar-refractivity contribution in [3.05, 3.63) is 52.1 Å². The molecule has 1 aliphatic carbocycles. The SMILES string of the molecule is CC1=C(C)C(=O)C(c2ccc(C(F)(F)F)cc2)=C(C)C1=O. The van der Waals surface area contributed by atoms with Crippen molar-refractivity contribution < 1.29 is 22.8 Å². The van der Waals surface area contributed by atoms with Crippen LogP contribution >= 0.6 is 0 Å². The van der Waals surface area contributed by atoms with Crippen LogP contribution in [-0.2, 0) is 15.8 Å². The summed E-state index contributed by atoms with van der Waals surface area (Å²) in [7, 11) is 0. The van der Waals surface area contributed by atoms with Crippen LogP contribution in [0.1, 0.15) is 31.9 Å². The first kappa shape index (κ1) is 15.2. The first-order chi connectivity index (χ1) is 9.64. The summed E-state index contributed by atoms with van der Waals surface area (Å²) in [5.41, 5.74) is 0.696. The number of hydrogen-bond acceptors (Lipinski definition) is 2. The van der Waals surface area contributed by atoms with Crippen molar-refractivity contribution in [3.63, 3.8) is 0 Å². The number of rotatable bonds is 1. The number of allylic oxidation sites excluding steroid dienone is 4. The summed E-state index contributed by atoms with van der Waals surface area (Å²) in [6.45, 7) is 4.64. The molecule has 0 N–H and O–H groups in total. The van der Waals surface area contributed by atoms with E-state index in [0.29, 0.717) is 16.7 Å². The molecule has 0 unspecified atom stereocenters. The molecule has 0 aromatic heterocycles. The molecule has 0 heterocycles. The van der Waals surface area contributed by atoms with Gasteiger partial charge in [0.1, 0.15) is 0 Å². The maximum atomic E-state index is 12.6. The molecule has 0 aliphatic heterocycles. The molecule has 0 fully saturated rings. The van der Waals surface area contributed by atoms with Crippen molar-refractivity contribution in [1.82, 2.24) is 0 Å². The Labute approximate surface area is 120 Å². The molecule has 1 aromatic rings. The van der Waals surface area contributed by atoms with Crippen molar-refractivity contribution in [3.8, 4) is 0 Å². The molecule has 1 aromatic carbocycles. The third kappa shape index (κ3) is 2.55. The van der Waals surface area contributed by atoms with Gasteiger partial charge < -0.3 is 0 Å². The van der Waals surface area contributed by atoms with E-state index in [-0.39, 0.29) is 22.7 Å². The summed E-state index contributed by atoms with van der Waals surface area (Å²) < 4.78 is 37.7. The molecule has 2 rings (SSSR count). The zero-order valence-corrected chi connectivity index (χ0v) is 11.8. The van der Waals surface area contributed by atoms with Gasteiger partial charge in [0.2, 0.25) is 0 Å². The molecule has 0 saturated carbocycles. The predicted octanol–water partition coefficient (Wildman–Crippen LogP) is 3.97. The number of alkyl halides is 3. The minimum Gasteiger partial charge on any atom is -0.289 e. The van der Waals surface area contributed by atoms with Gasteiger partial charge in [-0.15, -0.1) is 0 Å². The predicted molar refractivity (Wildman–Crippen MR) is 72.4 cm³/mol. The fraction of sp³-hybridized carbons (Fsp3) is 0.250. The highest BCUT2D eigenvalue weighted by molar-refractivity contribution is 6.39. The summed E-state index contributed by atoms with van der Waals surface area (Å²) in [5, 5.41) is 0. The summed E-state index contributed by atoms with van der Waals surface area (Å²) in [4.78, 5) is 24.3. The van der Waals surface area contributed by atoms with E-state index in [1.54, 1.807) is 13.8 Å². The summed E-state index contributed by atoms with van der Waals surface area (Å²) >= 11 is 0. The van der Waals surface area contributed by atoms with Gasteiger partial charge in [0, 0.05) is 22.3 Å². The normalized spacial score (nSPS) is 16.9. The van der Waals surface area contributed by atoms with Gasteiger partial charge in [-0.05, 0) is 38.5 Å². The van der Waals surface area contributed by atoms with Crippen LogP contribution < -0.4 is 0 Å². The van der Waals surface area contributed by atoms with E-state index in [2.05, 4.69) is 0 Å². The number of Topliss-reactive ketones (excluding diaryl/α,β-unsaturated/α-hetero) is 2. The van der Waals surface area contributed by atoms with E-state index in [1.807, 2.05) is 0 Å². The van der Waals surface area contributed by atoms with Crippen LogP contribution in [0.3, 0.4) is 0 Å². The molecular formula is C16H13F3O2. The van der Waals surface area contributed by atoms with Gasteiger partial charge in [-0.3, -0.25) is 9.59 Å². The van der Waals surface area contributed by atoms with Crippen molar-refractivity contribution >= 4 is 17.1 Å². The van der Waals surface area contributed by atoms with Gasteiger partial charge in [-0.1, -0.05) is 12.1 Å². The Morgan fingerprint density at radius 3 is 1.71 bits per heavy atom. The van der Waals surface area contributed by atoms with Crippen LogP contribution in [0.2, 0.25) is 0 Å². The van der Waals surface area contributed by atoms with E-state index in [1.165, 1.54) is 19.1 Å². The van der Waals surface area contributed by atoms with Crippen molar-refractivity contribution in [2.45, 2.75) is 26.9 Å². The lowest BCUT2D eigenvalue weighted by molar-refractivity contribution is -0.137. The third-order valence-corrected chi connectivity index (χ3v) is 3.69. The van der Waals surface area contributed by atoms with Crippen molar-refractivity contribution in [2.24, 2.45) is 0 Å². The van der Waals surface area contributed by atoms with Crippen LogP contribution in [0.4, 0.5) is 13.2 Å². The Hall–Kier alpha value is -2.17. The Kier molecular flexibility index (Phi) is 3.61. The molecular weight excluding hydrogens is 281 g/mol. The molecule has 0 spiro atoms. The lowest BCUT2D eigenvalue weighted by Gasteiger charge is -2.19. The highest BCUT2D eigenvalue weighted by atomic mass is 19.4. The lowest BCUT2D eigenvalue weighted by atomic mass is 9.83. The minimum atomic E-state index is -4.43. The highest BCUT2D eigenvalue weighted by Crippen LogP contribution is 2.33. The van der Waals surface area contributed by atoms with Crippen molar-refractivity contribution in [2.75, 3.05) is 0 Å². The Bertz CT molecular complexity index is 689. The molecule has 0 atom stereocenters. The van der Waals surface area contributed by atoms with E-state index in [9.17, 15) is 22.8 Å². The van der Waals surface area contributed by atoms with Crippen LogP contribution in [0.25, 0.3) is 5.57 Å². The summed E-state index contributed by atoms with van der Waals surface area (Å²) in [5.74, 6) is -0.564. The van der Waals surface area contributed by atoms with Crippen LogP contribution in [0.5, 0.6) is 0 Å². The molecule has 0 radical (unpaired) electrons. The van der Waals surface area contributed by atoms with Gasteiger partial charge in [0.25, 0.3) is 0 Å². The van der Waals surface area contributed by atoms with Crippen molar-refractivity contribution in [1.29, 1.82) is 0 Å². The minimum absolute atomic E-state index is 0.178. The maximum Gasteiger partial charge on any atom is 0.416 e. The first-order valence-electron chi connectivity index (χ1n) is 6.30. The number of hydrogen-bond donors (Lipinski definition) is 0. The van der Waals surface area contributed by atoms with E-state index in [4.69, 9.17) is 0 Å². The zero-order chi connectivity index (χ0) is 15.9. The molecule has 0 saturated heterocycles. The fourth-order valence-corrected chi connectivity index (χ4v) is 2.27. The zero-order valence-electron chi connectivity index (χ0n) is 11.8. The number of benzene rings is 1. The monoisotopic (exact) mass is 294 g/mol. The number of carbonyl (C=O) groups excluding carboxylic acids is 2. The third-order valence-electron chi connectivity index (χ3n) is 3.69. The van der Waals surface area contributed by atoms with Gasteiger partial charge >= 0.3 is 6.18 Å². The topological polar surface area (TPSA) is 34.1 Å². The van der Waals surface area contributed by atoms with E-state index in [0.717, 1.165) is 12.1 Å². The highest BCUT2D eigenvalue weighted by Gasteiger charge is 2.32. The molecule has 2 nitrogen and oxygen atoms in total. The Morgan fingerprint density at radius 1 is 0.762 bits per heavy atom. The molecule has 1 aliphatic rings. The van der Waals surface area contributed by atoms with Crippen LogP contribution in [0, 0.1) is 0 Å². The smallest absolute Gasteiger partial charge is 0.289 e. The van der Waals surface area contributed by atoms with E-state index >= 15 is 0 Å². The molecule has 0 bridgehead atoms. The number of ketones is 2. The van der Waals surface area contributed by atoms with E-state index < -0.39 is 11.7 Å². The second-order valence-corrected chi connectivity index (χ2v) is 4.98. The number of carbonyl (C=O) groups is 2. The molecule has 5 heteroatoms. The fourth-order valence-electron chi connectivity index (χ4n) is 2.27. The average Bonchev–Trinajstić information content (AvgIpc) is 2.43. The summed E-state index contributed by atoms with van der Waals surface area (Å²) in [6.07, 6.45) is -4.43. The van der Waals surface area contributed by atoms with Gasteiger partial charge in [-0.25, -0.2) is 0 Å². The maximum absolute atomic E-state index is 12.6. The van der Waals surface area contributed by atoms with Gasteiger partial charge in [0.15, 0.2) is 11.6 Å². The van der Waals surface area contributed by atoms with Crippen LogP contribution in [-0.4, -0.2) is 11.6 Å². The quantitative estimate of drug-likeness (QED) is 0.734. The molecule has 110 valence electrons. The Balaban J connectivity index is 2.52. The second kappa shape index (κ2) is 4.98. The molecule has 0 amide bonds. The largest absolute Gasteiger partial charge is 0.416 e. The first-order valence-corrected chi connectivity index (χ1v) is 6.30. The van der Waals surface area contributed by atoms with Gasteiger partial charge in [0.05, 0.1) is 5.56 Å². The average molecular weight is 294 g/mol. The number of halogens is 3.